The van der Waals surface area contributed by atoms with E-state index in [9.17, 15) is 4.39 Å². The molecule has 3 unspecified atom stereocenters. The normalized spacial score (nSPS) is 29.4. The van der Waals surface area contributed by atoms with E-state index in [1.165, 1.54) is 18.6 Å². The first-order valence-electron chi connectivity index (χ1n) is 6.30. The van der Waals surface area contributed by atoms with Crippen LogP contribution >= 0.6 is 0 Å². The number of hydrogen-bond donors (Lipinski definition) is 1. The van der Waals surface area contributed by atoms with Crippen LogP contribution < -0.4 is 10.6 Å². The molecule has 2 rings (SSSR count). The highest BCUT2D eigenvalue weighted by Gasteiger charge is 2.29. The first kappa shape index (κ1) is 12.2. The van der Waals surface area contributed by atoms with Crippen molar-refractivity contribution in [2.45, 2.75) is 33.2 Å². The molecule has 2 N–H and O–H groups in total. The first-order valence-corrected chi connectivity index (χ1v) is 6.30. The quantitative estimate of drug-likeness (QED) is 0.758. The van der Waals surface area contributed by atoms with Gasteiger partial charge in [0.1, 0.15) is 5.82 Å². The average Bonchev–Trinajstić information content (AvgIpc) is 2.24. The maximum Gasteiger partial charge on any atom is 0.125 e. The Balaban J connectivity index is 2.31. The lowest BCUT2D eigenvalue weighted by atomic mass is 9.85. The number of nitrogens with two attached hydrogens (primary N) is 1. The minimum atomic E-state index is -0.267. The van der Waals surface area contributed by atoms with Gasteiger partial charge in [-0.3, -0.25) is 0 Å². The van der Waals surface area contributed by atoms with Crippen LogP contribution in [0.2, 0.25) is 0 Å². The van der Waals surface area contributed by atoms with Gasteiger partial charge < -0.3 is 10.6 Å². The number of nitrogens with zero attached hydrogens (tertiary/aromatic N) is 1. The maximum absolute atomic E-state index is 13.1. The van der Waals surface area contributed by atoms with E-state index in [1.807, 2.05) is 0 Å². The predicted octanol–water partition coefficient (Wildman–Crippen LogP) is 3.28. The summed E-state index contributed by atoms with van der Waals surface area (Å²) >= 11 is 0. The molecule has 0 spiro atoms. The summed E-state index contributed by atoms with van der Waals surface area (Å²) in [4.78, 5) is 2.31. The van der Waals surface area contributed by atoms with E-state index in [2.05, 4.69) is 25.7 Å². The van der Waals surface area contributed by atoms with Gasteiger partial charge in [0.05, 0.1) is 11.4 Å². The van der Waals surface area contributed by atoms with E-state index in [0.29, 0.717) is 23.6 Å². The summed E-state index contributed by atoms with van der Waals surface area (Å²) in [6, 6.07) is 5.15. The van der Waals surface area contributed by atoms with Crippen molar-refractivity contribution in [2.75, 3.05) is 17.2 Å². The molecule has 0 aliphatic carbocycles. The van der Waals surface area contributed by atoms with E-state index in [-0.39, 0.29) is 5.82 Å². The van der Waals surface area contributed by atoms with Crippen LogP contribution in [0.4, 0.5) is 15.8 Å². The monoisotopic (exact) mass is 236 g/mol. The van der Waals surface area contributed by atoms with E-state index in [4.69, 9.17) is 5.73 Å². The lowest BCUT2D eigenvalue weighted by Gasteiger charge is -2.43. The predicted molar refractivity (Wildman–Crippen MR) is 70.6 cm³/mol. The second-order valence-corrected chi connectivity index (χ2v) is 5.41. The molecule has 1 fully saturated rings. The van der Waals surface area contributed by atoms with Crippen molar-refractivity contribution in [1.82, 2.24) is 0 Å². The number of hydrogen-bond acceptors (Lipinski definition) is 2. The second-order valence-electron chi connectivity index (χ2n) is 5.41. The van der Waals surface area contributed by atoms with Gasteiger partial charge in [0.2, 0.25) is 0 Å². The Hall–Kier alpha value is -1.25. The molecule has 17 heavy (non-hydrogen) atoms. The van der Waals surface area contributed by atoms with Crippen LogP contribution in [0.25, 0.3) is 0 Å². The molecule has 0 radical (unpaired) electrons. The van der Waals surface area contributed by atoms with Gasteiger partial charge in [0.15, 0.2) is 0 Å². The first-order chi connectivity index (χ1) is 7.99. The van der Waals surface area contributed by atoms with Crippen LogP contribution in [-0.2, 0) is 0 Å². The third-order valence-electron chi connectivity index (χ3n) is 3.90. The molecule has 0 aromatic heterocycles. The fourth-order valence-electron chi connectivity index (χ4n) is 2.82. The zero-order chi connectivity index (χ0) is 12.6. The summed E-state index contributed by atoms with van der Waals surface area (Å²) < 4.78 is 13.1. The summed E-state index contributed by atoms with van der Waals surface area (Å²) in [6.07, 6.45) is 1.25. The van der Waals surface area contributed by atoms with Gasteiger partial charge in [-0.2, -0.15) is 0 Å². The highest BCUT2D eigenvalue weighted by molar-refractivity contribution is 5.68. The van der Waals surface area contributed by atoms with Crippen molar-refractivity contribution < 1.29 is 4.39 Å². The number of rotatable bonds is 1. The molecular weight excluding hydrogens is 215 g/mol. The molecule has 3 atom stereocenters. The summed E-state index contributed by atoms with van der Waals surface area (Å²) in [7, 11) is 0. The molecule has 2 nitrogen and oxygen atoms in total. The fraction of sp³-hybridized carbons (Fsp3) is 0.571. The molecule has 1 aliphatic heterocycles. The molecule has 1 aromatic carbocycles. The Morgan fingerprint density at radius 1 is 1.29 bits per heavy atom. The number of nitrogen functional groups attached to an aromatic ring is 1. The largest absolute Gasteiger partial charge is 0.397 e. The highest BCUT2D eigenvalue weighted by atomic mass is 19.1. The van der Waals surface area contributed by atoms with E-state index in [0.717, 1.165) is 12.2 Å². The van der Waals surface area contributed by atoms with Crippen molar-refractivity contribution in [1.29, 1.82) is 0 Å². The minimum absolute atomic E-state index is 0.267. The minimum Gasteiger partial charge on any atom is -0.397 e. The Kier molecular flexibility index (Phi) is 3.27. The molecule has 94 valence electrons. The molecule has 1 heterocycles. The number of piperidine rings is 1. The average molecular weight is 236 g/mol. The lowest BCUT2D eigenvalue weighted by molar-refractivity contribution is 0.297. The Morgan fingerprint density at radius 2 is 2.00 bits per heavy atom. The van der Waals surface area contributed by atoms with Crippen LogP contribution in [0.3, 0.4) is 0 Å². The topological polar surface area (TPSA) is 29.3 Å². The van der Waals surface area contributed by atoms with E-state index >= 15 is 0 Å². The van der Waals surface area contributed by atoms with Gasteiger partial charge in [-0.1, -0.05) is 13.8 Å². The van der Waals surface area contributed by atoms with Crippen LogP contribution in [0.15, 0.2) is 18.2 Å². The van der Waals surface area contributed by atoms with Crippen molar-refractivity contribution in [3.8, 4) is 0 Å². The second kappa shape index (κ2) is 4.55. The van der Waals surface area contributed by atoms with Crippen molar-refractivity contribution in [3.05, 3.63) is 24.0 Å². The fourth-order valence-corrected chi connectivity index (χ4v) is 2.82. The summed E-state index contributed by atoms with van der Waals surface area (Å²) in [6.45, 7) is 7.75. The zero-order valence-electron chi connectivity index (χ0n) is 10.8. The van der Waals surface area contributed by atoms with Crippen molar-refractivity contribution in [3.63, 3.8) is 0 Å². The SMILES string of the molecule is CC1CC(C)C(C)N(c2ccc(F)cc2N)C1. The standard InChI is InChI=1S/C14H21FN2/c1-9-6-10(2)11(3)17(8-9)14-5-4-12(15)7-13(14)16/h4-5,7,9-11H,6,8,16H2,1-3H3. The summed E-state index contributed by atoms with van der Waals surface area (Å²) in [5.74, 6) is 1.03. The molecule has 0 amide bonds. The Morgan fingerprint density at radius 3 is 2.65 bits per heavy atom. The molecule has 0 saturated carbocycles. The summed E-state index contributed by atoms with van der Waals surface area (Å²) in [5, 5.41) is 0. The molecular formula is C14H21FN2. The molecule has 3 heteroatoms. The molecule has 0 bridgehead atoms. The van der Waals surface area contributed by atoms with Crippen LogP contribution in [0.1, 0.15) is 27.2 Å². The highest BCUT2D eigenvalue weighted by Crippen LogP contribution is 2.34. The zero-order valence-corrected chi connectivity index (χ0v) is 10.8. The maximum atomic E-state index is 13.1. The van der Waals surface area contributed by atoms with Gasteiger partial charge in [-0.05, 0) is 43.4 Å². The van der Waals surface area contributed by atoms with Gasteiger partial charge in [-0.15, -0.1) is 0 Å². The Bertz CT molecular complexity index is 405. The van der Waals surface area contributed by atoms with Crippen molar-refractivity contribution >= 4 is 11.4 Å². The van der Waals surface area contributed by atoms with Crippen LogP contribution in [0, 0.1) is 17.7 Å². The smallest absolute Gasteiger partial charge is 0.125 e. The van der Waals surface area contributed by atoms with Gasteiger partial charge in [-0.25, -0.2) is 4.39 Å². The lowest BCUT2D eigenvalue weighted by Crippen LogP contribution is -2.46. The number of benzene rings is 1. The van der Waals surface area contributed by atoms with Crippen LogP contribution in [0.5, 0.6) is 0 Å². The van der Waals surface area contributed by atoms with Crippen molar-refractivity contribution in [2.24, 2.45) is 11.8 Å². The third-order valence-corrected chi connectivity index (χ3v) is 3.90. The molecule has 1 aromatic rings. The third kappa shape index (κ3) is 2.38. The van der Waals surface area contributed by atoms with Gasteiger partial charge in [0, 0.05) is 12.6 Å². The van der Waals surface area contributed by atoms with Crippen LogP contribution in [-0.4, -0.2) is 12.6 Å². The number of halogens is 1. The van der Waals surface area contributed by atoms with E-state index < -0.39 is 0 Å². The van der Waals surface area contributed by atoms with Gasteiger partial charge in [0.25, 0.3) is 0 Å². The Labute approximate surface area is 103 Å². The number of anilines is 2. The van der Waals surface area contributed by atoms with E-state index in [1.54, 1.807) is 6.07 Å². The van der Waals surface area contributed by atoms with Gasteiger partial charge >= 0.3 is 0 Å². The molecule has 1 aliphatic rings. The summed E-state index contributed by atoms with van der Waals surface area (Å²) in [5.41, 5.74) is 7.43. The molecule has 1 saturated heterocycles.